The molecule has 9 heteroatoms. The predicted molar refractivity (Wildman–Crippen MR) is 139 cm³/mol. The molecule has 2 rings (SSSR count). The first-order chi connectivity index (χ1) is 16.6. The topological polar surface area (TPSA) is 96.0 Å². The normalized spacial score (nSPS) is 12.0. The number of aryl methyl sites for hydroxylation is 1. The van der Waals surface area contributed by atoms with Gasteiger partial charge in [-0.3, -0.25) is 13.9 Å². The Hall–Kier alpha value is -3.07. The number of likely N-dealkylation sites (N-methyl/N-ethyl adjacent to an activating group) is 1. The summed E-state index contributed by atoms with van der Waals surface area (Å²) in [5.74, 6) is 0.0337. The van der Waals surface area contributed by atoms with E-state index in [1.165, 1.54) is 4.31 Å². The Morgan fingerprint density at radius 2 is 1.80 bits per heavy atom. The van der Waals surface area contributed by atoms with Crippen molar-refractivity contribution in [1.29, 1.82) is 0 Å². The molecule has 0 radical (unpaired) electrons. The van der Waals surface area contributed by atoms with E-state index in [2.05, 4.69) is 5.32 Å². The van der Waals surface area contributed by atoms with Crippen LogP contribution >= 0.6 is 0 Å². The fraction of sp³-hybridized carbons (Fsp3) is 0.462. The molecule has 0 spiro atoms. The molecule has 8 nitrogen and oxygen atoms in total. The van der Waals surface area contributed by atoms with Gasteiger partial charge in [0.2, 0.25) is 21.8 Å². The van der Waals surface area contributed by atoms with Crippen LogP contribution in [0.25, 0.3) is 0 Å². The van der Waals surface area contributed by atoms with E-state index in [4.69, 9.17) is 4.74 Å². The molecule has 0 aliphatic carbocycles. The molecule has 2 aromatic rings. The summed E-state index contributed by atoms with van der Waals surface area (Å²) in [5.41, 5.74) is 2.44. The highest BCUT2D eigenvalue weighted by Crippen LogP contribution is 2.30. The van der Waals surface area contributed by atoms with E-state index in [1.807, 2.05) is 45.0 Å². The van der Waals surface area contributed by atoms with Crippen molar-refractivity contribution in [3.63, 3.8) is 0 Å². The number of carbonyl (C=O) groups is 2. The Morgan fingerprint density at radius 3 is 2.43 bits per heavy atom. The molecule has 192 valence electrons. The lowest BCUT2D eigenvalue weighted by molar-refractivity contribution is -0.140. The molecule has 2 aromatic carbocycles. The Balaban J connectivity index is 2.19. The number of amides is 2. The van der Waals surface area contributed by atoms with Gasteiger partial charge in [0.1, 0.15) is 11.8 Å². The molecule has 2 amide bonds. The number of ether oxygens (including phenoxy) is 1. The number of para-hydroxylation sites is 2. The standard InChI is InChI=1S/C26H37N3O5S/c1-6-27-26(31)21(4)28(19-22-13-10-12-20(3)18-22)25(30)16-11-17-29(35(5,32)33)23-14-8-9-15-24(23)34-7-2/h8-10,12-15,18,21H,6-7,11,16-17,19H2,1-5H3,(H,27,31). The van der Waals surface area contributed by atoms with E-state index >= 15 is 0 Å². The summed E-state index contributed by atoms with van der Waals surface area (Å²) >= 11 is 0. The molecular weight excluding hydrogens is 466 g/mol. The third kappa shape index (κ3) is 8.28. The van der Waals surface area contributed by atoms with Crippen LogP contribution in [0.15, 0.2) is 48.5 Å². The second-order valence-electron chi connectivity index (χ2n) is 8.42. The average molecular weight is 504 g/mol. The quantitative estimate of drug-likeness (QED) is 0.451. The molecule has 0 saturated carbocycles. The molecule has 0 aliphatic rings. The number of hydrogen-bond donors (Lipinski definition) is 1. The van der Waals surface area contributed by atoms with Gasteiger partial charge in [0.05, 0.1) is 18.6 Å². The molecule has 0 aromatic heterocycles. The van der Waals surface area contributed by atoms with Crippen LogP contribution in [0, 0.1) is 6.92 Å². The van der Waals surface area contributed by atoms with E-state index in [1.54, 1.807) is 36.1 Å². The number of nitrogens with one attached hydrogen (secondary N) is 1. The molecule has 1 atom stereocenters. The summed E-state index contributed by atoms with van der Waals surface area (Å²) in [6.45, 7) is 8.62. The number of hydrogen-bond acceptors (Lipinski definition) is 5. The summed E-state index contributed by atoms with van der Waals surface area (Å²) in [6.07, 6.45) is 1.52. The maximum atomic E-state index is 13.3. The van der Waals surface area contributed by atoms with Gasteiger partial charge in [-0.1, -0.05) is 42.0 Å². The molecule has 0 fully saturated rings. The molecule has 0 saturated heterocycles. The van der Waals surface area contributed by atoms with E-state index in [0.717, 1.165) is 17.4 Å². The Kier molecular flexibility index (Phi) is 10.6. The second-order valence-corrected chi connectivity index (χ2v) is 10.3. The second kappa shape index (κ2) is 13.1. The molecule has 0 heterocycles. The van der Waals surface area contributed by atoms with Crippen LogP contribution in [0.1, 0.15) is 44.7 Å². The smallest absolute Gasteiger partial charge is 0.242 e. The van der Waals surface area contributed by atoms with Gasteiger partial charge in [-0.15, -0.1) is 0 Å². The maximum Gasteiger partial charge on any atom is 0.242 e. The van der Waals surface area contributed by atoms with Crippen molar-refractivity contribution in [2.75, 3.05) is 30.3 Å². The largest absolute Gasteiger partial charge is 0.492 e. The zero-order valence-corrected chi connectivity index (χ0v) is 22.1. The van der Waals surface area contributed by atoms with Crippen LogP contribution in [-0.2, 0) is 26.2 Å². The van der Waals surface area contributed by atoms with E-state index in [-0.39, 0.29) is 24.8 Å². The number of rotatable bonds is 13. The highest BCUT2D eigenvalue weighted by Gasteiger charge is 2.27. The zero-order valence-electron chi connectivity index (χ0n) is 21.3. The molecule has 35 heavy (non-hydrogen) atoms. The Bertz CT molecular complexity index is 1100. The van der Waals surface area contributed by atoms with E-state index in [9.17, 15) is 18.0 Å². The van der Waals surface area contributed by atoms with Crippen LogP contribution in [0.4, 0.5) is 5.69 Å². The third-order valence-electron chi connectivity index (χ3n) is 5.54. The summed E-state index contributed by atoms with van der Waals surface area (Å²) in [7, 11) is -3.60. The van der Waals surface area contributed by atoms with Crippen LogP contribution in [0.2, 0.25) is 0 Å². The van der Waals surface area contributed by atoms with Gasteiger partial charge in [0, 0.05) is 26.1 Å². The minimum absolute atomic E-state index is 0.0956. The number of carbonyl (C=O) groups excluding carboxylic acids is 2. The van der Waals surface area contributed by atoms with Crippen molar-refractivity contribution in [2.24, 2.45) is 0 Å². The molecule has 1 N–H and O–H groups in total. The summed E-state index contributed by atoms with van der Waals surface area (Å²) < 4.78 is 32.0. The minimum atomic E-state index is -3.60. The van der Waals surface area contributed by atoms with Gasteiger partial charge in [0.25, 0.3) is 0 Å². The highest BCUT2D eigenvalue weighted by atomic mass is 32.2. The lowest BCUT2D eigenvalue weighted by Crippen LogP contribution is -2.47. The summed E-state index contributed by atoms with van der Waals surface area (Å²) in [5, 5.41) is 2.78. The van der Waals surface area contributed by atoms with Gasteiger partial charge in [-0.05, 0) is 51.8 Å². The van der Waals surface area contributed by atoms with Gasteiger partial charge < -0.3 is 15.0 Å². The number of sulfonamides is 1. The molecule has 1 unspecified atom stereocenters. The number of nitrogens with zero attached hydrogens (tertiary/aromatic N) is 2. The van der Waals surface area contributed by atoms with Crippen molar-refractivity contribution in [1.82, 2.24) is 10.2 Å². The minimum Gasteiger partial charge on any atom is -0.492 e. The third-order valence-corrected chi connectivity index (χ3v) is 6.72. The first-order valence-corrected chi connectivity index (χ1v) is 13.8. The fourth-order valence-corrected chi connectivity index (χ4v) is 4.80. The van der Waals surface area contributed by atoms with Gasteiger partial charge in [-0.2, -0.15) is 0 Å². The number of benzene rings is 2. The summed E-state index contributed by atoms with van der Waals surface area (Å²) in [6, 6.07) is 14.1. The van der Waals surface area contributed by atoms with E-state index in [0.29, 0.717) is 37.6 Å². The lowest BCUT2D eigenvalue weighted by Gasteiger charge is -2.29. The zero-order chi connectivity index (χ0) is 26.0. The Labute approximate surface area is 209 Å². The van der Waals surface area contributed by atoms with E-state index < -0.39 is 16.1 Å². The van der Waals surface area contributed by atoms with Crippen LogP contribution in [-0.4, -0.2) is 57.1 Å². The summed E-state index contributed by atoms with van der Waals surface area (Å²) in [4.78, 5) is 27.4. The predicted octanol–water partition coefficient (Wildman–Crippen LogP) is 3.49. The van der Waals surface area contributed by atoms with Gasteiger partial charge >= 0.3 is 0 Å². The highest BCUT2D eigenvalue weighted by molar-refractivity contribution is 7.92. The van der Waals surface area contributed by atoms with Gasteiger partial charge in [0.15, 0.2) is 0 Å². The number of anilines is 1. The first-order valence-electron chi connectivity index (χ1n) is 11.9. The Morgan fingerprint density at radius 1 is 1.09 bits per heavy atom. The van der Waals surface area contributed by atoms with Crippen molar-refractivity contribution in [3.8, 4) is 5.75 Å². The van der Waals surface area contributed by atoms with Crippen LogP contribution in [0.3, 0.4) is 0 Å². The van der Waals surface area contributed by atoms with Crippen molar-refractivity contribution < 1.29 is 22.7 Å². The van der Waals surface area contributed by atoms with Gasteiger partial charge in [-0.25, -0.2) is 8.42 Å². The average Bonchev–Trinajstić information content (AvgIpc) is 2.80. The lowest BCUT2D eigenvalue weighted by atomic mass is 10.1. The molecule has 0 aliphatic heterocycles. The fourth-order valence-electron chi connectivity index (χ4n) is 3.83. The first kappa shape index (κ1) is 28.2. The monoisotopic (exact) mass is 503 g/mol. The maximum absolute atomic E-state index is 13.3. The molecular formula is C26H37N3O5S. The van der Waals surface area contributed by atoms with Crippen molar-refractivity contribution in [2.45, 2.75) is 53.1 Å². The van der Waals surface area contributed by atoms with Crippen molar-refractivity contribution >= 4 is 27.5 Å². The van der Waals surface area contributed by atoms with Crippen LogP contribution in [0.5, 0.6) is 5.75 Å². The van der Waals surface area contributed by atoms with Crippen molar-refractivity contribution in [3.05, 3.63) is 59.7 Å². The SMILES string of the molecule is CCNC(=O)C(C)N(Cc1cccc(C)c1)C(=O)CCCN(c1ccccc1OCC)S(C)(=O)=O. The molecule has 0 bridgehead atoms. The van der Waals surface area contributed by atoms with Crippen LogP contribution < -0.4 is 14.4 Å².